The molecule has 1 aromatic carbocycles. The minimum Gasteiger partial charge on any atom is -0.478 e. The van der Waals surface area contributed by atoms with E-state index < -0.39 is 11.8 Å². The van der Waals surface area contributed by atoms with Gasteiger partial charge in [0.05, 0.1) is 29.3 Å². The molecular formula is C11H8FN3O2. The molecule has 0 aliphatic carbocycles. The predicted octanol–water partition coefficient (Wildman–Crippen LogP) is 2.06. The molecule has 0 saturated heterocycles. The van der Waals surface area contributed by atoms with Crippen molar-refractivity contribution in [3.8, 4) is 0 Å². The van der Waals surface area contributed by atoms with Crippen molar-refractivity contribution in [1.29, 1.82) is 0 Å². The molecule has 0 spiro atoms. The zero-order valence-corrected chi connectivity index (χ0v) is 8.59. The molecule has 17 heavy (non-hydrogen) atoms. The molecule has 0 radical (unpaired) electrons. The highest BCUT2D eigenvalue weighted by Gasteiger charge is 2.14. The lowest BCUT2D eigenvalue weighted by molar-refractivity contribution is 0.0697. The van der Waals surface area contributed by atoms with Crippen LogP contribution in [-0.4, -0.2) is 21.0 Å². The van der Waals surface area contributed by atoms with Gasteiger partial charge in [-0.3, -0.25) is 0 Å². The Kier molecular flexibility index (Phi) is 2.95. The number of nitrogens with one attached hydrogen (secondary N) is 1. The number of carboxylic acid groups (broad SMARTS) is 1. The number of aromatic nitrogens is 2. The first-order chi connectivity index (χ1) is 8.18. The lowest BCUT2D eigenvalue weighted by atomic mass is 10.1. The standard InChI is InChI=1S/C11H8FN3O2/c12-9-3-1-2-8(11(16)17)10(9)15-7-4-13-6-14-5-7/h1-6,15H,(H,16,17). The first kappa shape index (κ1) is 11.0. The Labute approximate surface area is 96.0 Å². The second kappa shape index (κ2) is 4.56. The zero-order valence-electron chi connectivity index (χ0n) is 8.59. The van der Waals surface area contributed by atoms with Crippen LogP contribution in [0.3, 0.4) is 0 Å². The fourth-order valence-corrected chi connectivity index (χ4v) is 1.34. The van der Waals surface area contributed by atoms with E-state index in [9.17, 15) is 9.18 Å². The summed E-state index contributed by atoms with van der Waals surface area (Å²) < 4.78 is 13.5. The van der Waals surface area contributed by atoms with E-state index in [-0.39, 0.29) is 11.3 Å². The maximum Gasteiger partial charge on any atom is 0.337 e. The second-order valence-corrected chi connectivity index (χ2v) is 3.22. The highest BCUT2D eigenvalue weighted by molar-refractivity contribution is 5.95. The summed E-state index contributed by atoms with van der Waals surface area (Å²) in [6, 6.07) is 3.83. The normalized spacial score (nSPS) is 9.94. The first-order valence-corrected chi connectivity index (χ1v) is 4.72. The molecule has 86 valence electrons. The molecular weight excluding hydrogens is 225 g/mol. The van der Waals surface area contributed by atoms with Crippen molar-refractivity contribution < 1.29 is 14.3 Å². The van der Waals surface area contributed by atoms with Gasteiger partial charge in [0.25, 0.3) is 0 Å². The van der Waals surface area contributed by atoms with E-state index in [0.29, 0.717) is 5.69 Å². The average molecular weight is 233 g/mol. The highest BCUT2D eigenvalue weighted by Crippen LogP contribution is 2.23. The monoisotopic (exact) mass is 233 g/mol. The van der Waals surface area contributed by atoms with Crippen molar-refractivity contribution in [2.24, 2.45) is 0 Å². The van der Waals surface area contributed by atoms with Crippen molar-refractivity contribution in [2.45, 2.75) is 0 Å². The Morgan fingerprint density at radius 3 is 2.65 bits per heavy atom. The third kappa shape index (κ3) is 2.36. The van der Waals surface area contributed by atoms with Gasteiger partial charge in [0.2, 0.25) is 0 Å². The number of halogens is 1. The Bertz CT molecular complexity index is 546. The van der Waals surface area contributed by atoms with Crippen molar-refractivity contribution in [1.82, 2.24) is 9.97 Å². The first-order valence-electron chi connectivity index (χ1n) is 4.72. The largest absolute Gasteiger partial charge is 0.478 e. The molecule has 1 aromatic heterocycles. The summed E-state index contributed by atoms with van der Waals surface area (Å²) in [4.78, 5) is 18.4. The molecule has 2 rings (SSSR count). The fraction of sp³-hybridized carbons (Fsp3) is 0. The van der Waals surface area contributed by atoms with E-state index in [2.05, 4.69) is 15.3 Å². The Hall–Kier alpha value is -2.50. The van der Waals surface area contributed by atoms with Gasteiger partial charge in [0.1, 0.15) is 12.1 Å². The van der Waals surface area contributed by atoms with Crippen LogP contribution in [0, 0.1) is 5.82 Å². The molecule has 0 aliphatic heterocycles. The van der Waals surface area contributed by atoms with Gasteiger partial charge in [-0.15, -0.1) is 0 Å². The van der Waals surface area contributed by atoms with Gasteiger partial charge in [-0.1, -0.05) is 6.07 Å². The average Bonchev–Trinajstić information content (AvgIpc) is 2.33. The Morgan fingerprint density at radius 1 is 1.29 bits per heavy atom. The number of aromatic carboxylic acids is 1. The number of benzene rings is 1. The van der Waals surface area contributed by atoms with Gasteiger partial charge in [0, 0.05) is 0 Å². The van der Waals surface area contributed by atoms with Crippen molar-refractivity contribution in [3.63, 3.8) is 0 Å². The van der Waals surface area contributed by atoms with Crippen LogP contribution in [0.2, 0.25) is 0 Å². The van der Waals surface area contributed by atoms with Gasteiger partial charge in [-0.2, -0.15) is 0 Å². The number of carboxylic acids is 1. The van der Waals surface area contributed by atoms with Crippen molar-refractivity contribution in [2.75, 3.05) is 5.32 Å². The lowest BCUT2D eigenvalue weighted by Gasteiger charge is -2.09. The van der Waals surface area contributed by atoms with E-state index in [0.717, 1.165) is 0 Å². The summed E-state index contributed by atoms with van der Waals surface area (Å²) in [5, 5.41) is 11.6. The van der Waals surface area contributed by atoms with E-state index in [1.165, 1.54) is 36.9 Å². The van der Waals surface area contributed by atoms with E-state index >= 15 is 0 Å². The lowest BCUT2D eigenvalue weighted by Crippen LogP contribution is -2.05. The quantitative estimate of drug-likeness (QED) is 0.848. The van der Waals surface area contributed by atoms with Crippen molar-refractivity contribution in [3.05, 3.63) is 48.3 Å². The number of carbonyl (C=O) groups is 1. The molecule has 0 unspecified atom stereocenters. The smallest absolute Gasteiger partial charge is 0.337 e. The summed E-state index contributed by atoms with van der Waals surface area (Å²) in [5.74, 6) is -1.85. The van der Waals surface area contributed by atoms with Gasteiger partial charge < -0.3 is 10.4 Å². The summed E-state index contributed by atoms with van der Waals surface area (Å²) in [5.41, 5.74) is 0.170. The summed E-state index contributed by atoms with van der Waals surface area (Å²) in [6.45, 7) is 0. The topological polar surface area (TPSA) is 75.1 Å². The third-order valence-corrected chi connectivity index (χ3v) is 2.07. The van der Waals surface area contributed by atoms with E-state index in [1.54, 1.807) is 0 Å². The summed E-state index contributed by atoms with van der Waals surface area (Å²) in [7, 11) is 0. The molecule has 2 N–H and O–H groups in total. The highest BCUT2D eigenvalue weighted by atomic mass is 19.1. The van der Waals surface area contributed by atoms with Crippen LogP contribution in [0.1, 0.15) is 10.4 Å². The number of hydrogen-bond donors (Lipinski definition) is 2. The van der Waals surface area contributed by atoms with Gasteiger partial charge in [-0.25, -0.2) is 19.2 Å². The minimum atomic E-state index is -1.20. The van der Waals surface area contributed by atoms with Crippen LogP contribution in [-0.2, 0) is 0 Å². The maximum atomic E-state index is 13.5. The third-order valence-electron chi connectivity index (χ3n) is 2.07. The predicted molar refractivity (Wildman–Crippen MR) is 58.7 cm³/mol. The van der Waals surface area contributed by atoms with Crippen LogP contribution in [0.25, 0.3) is 0 Å². The SMILES string of the molecule is O=C(O)c1cccc(F)c1Nc1cncnc1. The zero-order chi connectivity index (χ0) is 12.3. The molecule has 2 aromatic rings. The van der Waals surface area contributed by atoms with E-state index in [4.69, 9.17) is 5.11 Å². The van der Waals surface area contributed by atoms with Gasteiger partial charge >= 0.3 is 5.97 Å². The van der Waals surface area contributed by atoms with Crippen LogP contribution in [0.15, 0.2) is 36.9 Å². The number of para-hydroxylation sites is 1. The van der Waals surface area contributed by atoms with Crippen LogP contribution in [0.5, 0.6) is 0 Å². The van der Waals surface area contributed by atoms with Crippen LogP contribution < -0.4 is 5.32 Å². The molecule has 0 bridgehead atoms. The number of hydrogen-bond acceptors (Lipinski definition) is 4. The maximum absolute atomic E-state index is 13.5. The molecule has 1 heterocycles. The number of rotatable bonds is 3. The molecule has 0 saturated carbocycles. The number of nitrogens with zero attached hydrogens (tertiary/aromatic N) is 2. The van der Waals surface area contributed by atoms with Crippen LogP contribution >= 0.6 is 0 Å². The van der Waals surface area contributed by atoms with Gasteiger partial charge in [0.15, 0.2) is 0 Å². The Morgan fingerprint density at radius 2 is 2.00 bits per heavy atom. The minimum absolute atomic E-state index is 0.102. The Balaban J connectivity index is 2.41. The molecule has 0 atom stereocenters. The van der Waals surface area contributed by atoms with Gasteiger partial charge in [-0.05, 0) is 12.1 Å². The van der Waals surface area contributed by atoms with E-state index in [1.807, 2.05) is 0 Å². The molecule has 0 amide bonds. The number of anilines is 2. The molecule has 5 nitrogen and oxygen atoms in total. The summed E-state index contributed by atoms with van der Waals surface area (Å²) in [6.07, 6.45) is 4.17. The second-order valence-electron chi connectivity index (χ2n) is 3.22. The van der Waals surface area contributed by atoms with Crippen molar-refractivity contribution >= 4 is 17.3 Å². The summed E-state index contributed by atoms with van der Waals surface area (Å²) >= 11 is 0. The molecule has 6 heteroatoms. The molecule has 0 fully saturated rings. The molecule has 0 aliphatic rings. The fourth-order valence-electron chi connectivity index (χ4n) is 1.34. The van der Waals surface area contributed by atoms with Crippen LogP contribution in [0.4, 0.5) is 15.8 Å².